The molecule has 1 rings (SSSR count). The van der Waals surface area contributed by atoms with Crippen molar-refractivity contribution in [1.82, 2.24) is 10.6 Å². The molecule has 0 aliphatic rings. The number of esters is 2. The first kappa shape index (κ1) is 25.5. The van der Waals surface area contributed by atoms with Gasteiger partial charge in [0.05, 0.1) is 14.2 Å². The third kappa shape index (κ3) is 7.05. The summed E-state index contributed by atoms with van der Waals surface area (Å²) in [5, 5.41) is 4.72. The maximum atomic E-state index is 14.0. The van der Waals surface area contributed by atoms with E-state index in [4.69, 9.17) is 5.73 Å². The van der Waals surface area contributed by atoms with Gasteiger partial charge in [-0.15, -0.1) is 0 Å². The standard InChI is InChI=1S/C20H26FN3O7/c1-10(15(19(28)30-3)20(29)31-4)16(17(22)26)24-18(27)14(23-11(2)25)9-12-7-5-6-8-13(12)21/h5-8,10,14-16H,9H2,1-4H3,(H2,22,26)(H,23,25)(H,24,27)/t10-,14+,16-/m0/s1. The normalized spacial score (nSPS) is 13.5. The summed E-state index contributed by atoms with van der Waals surface area (Å²) in [4.78, 5) is 60.5. The van der Waals surface area contributed by atoms with Gasteiger partial charge in [-0.2, -0.15) is 0 Å². The zero-order valence-corrected chi connectivity index (χ0v) is 17.6. The molecule has 0 radical (unpaired) electrons. The average molecular weight is 439 g/mol. The van der Waals surface area contributed by atoms with Crippen LogP contribution in [0.25, 0.3) is 0 Å². The molecule has 0 unspecified atom stereocenters. The molecule has 3 atom stereocenters. The quantitative estimate of drug-likeness (QED) is 0.326. The molecule has 0 spiro atoms. The van der Waals surface area contributed by atoms with Crippen LogP contribution in [0.5, 0.6) is 0 Å². The number of rotatable bonds is 10. The van der Waals surface area contributed by atoms with Crippen LogP contribution in [0.4, 0.5) is 4.39 Å². The fraction of sp³-hybridized carbons (Fsp3) is 0.450. The number of nitrogens with two attached hydrogens (primary N) is 1. The van der Waals surface area contributed by atoms with E-state index in [9.17, 15) is 28.4 Å². The number of ether oxygens (including phenoxy) is 2. The molecule has 0 saturated carbocycles. The summed E-state index contributed by atoms with van der Waals surface area (Å²) in [6, 6.07) is 2.93. The molecule has 0 fully saturated rings. The van der Waals surface area contributed by atoms with Crippen LogP contribution in [-0.2, 0) is 39.9 Å². The van der Waals surface area contributed by atoms with Crippen LogP contribution >= 0.6 is 0 Å². The number of primary amides is 1. The lowest BCUT2D eigenvalue weighted by Crippen LogP contribution is -2.57. The Balaban J connectivity index is 3.16. The van der Waals surface area contributed by atoms with E-state index in [1.165, 1.54) is 32.0 Å². The number of hydrogen-bond acceptors (Lipinski definition) is 7. The molecule has 3 amide bonds. The molecule has 1 aromatic rings. The summed E-state index contributed by atoms with van der Waals surface area (Å²) in [5.41, 5.74) is 5.53. The van der Waals surface area contributed by atoms with Gasteiger partial charge in [-0.05, 0) is 11.6 Å². The SMILES string of the molecule is COC(=O)C(C(=O)OC)[C@H](C)[C@H](NC(=O)[C@@H](Cc1ccccc1F)NC(C)=O)C(N)=O. The Morgan fingerprint density at radius 1 is 1.03 bits per heavy atom. The van der Waals surface area contributed by atoms with E-state index in [1.807, 2.05) is 0 Å². The summed E-state index contributed by atoms with van der Waals surface area (Å²) in [6.07, 6.45) is -0.213. The Kier molecular flexibility index (Phi) is 9.58. The fourth-order valence-corrected chi connectivity index (χ4v) is 3.03. The molecule has 4 N–H and O–H groups in total. The molecule has 0 aliphatic heterocycles. The predicted molar refractivity (Wildman–Crippen MR) is 106 cm³/mol. The summed E-state index contributed by atoms with van der Waals surface area (Å²) in [6.45, 7) is 2.50. The first-order valence-electron chi connectivity index (χ1n) is 9.29. The molecule has 0 heterocycles. The molecule has 170 valence electrons. The average Bonchev–Trinajstić information content (AvgIpc) is 2.71. The van der Waals surface area contributed by atoms with Crippen molar-refractivity contribution in [3.05, 3.63) is 35.6 Å². The minimum atomic E-state index is -1.54. The van der Waals surface area contributed by atoms with Crippen LogP contribution in [0.2, 0.25) is 0 Å². The second kappa shape index (κ2) is 11.6. The first-order valence-corrected chi connectivity index (χ1v) is 9.29. The maximum absolute atomic E-state index is 14.0. The van der Waals surface area contributed by atoms with Crippen molar-refractivity contribution < 1.29 is 37.8 Å². The van der Waals surface area contributed by atoms with Gasteiger partial charge in [-0.3, -0.25) is 24.0 Å². The molecule has 1 aromatic carbocycles. The molecule has 11 heteroatoms. The van der Waals surface area contributed by atoms with Crippen molar-refractivity contribution in [3.63, 3.8) is 0 Å². The van der Waals surface area contributed by atoms with Gasteiger partial charge < -0.3 is 25.8 Å². The third-order valence-corrected chi connectivity index (χ3v) is 4.64. The zero-order valence-electron chi connectivity index (χ0n) is 17.6. The van der Waals surface area contributed by atoms with Crippen LogP contribution in [-0.4, -0.2) is 56.0 Å². The van der Waals surface area contributed by atoms with Crippen LogP contribution in [0.1, 0.15) is 19.4 Å². The number of carbonyl (C=O) groups excluding carboxylic acids is 5. The Labute approximate surface area is 178 Å². The smallest absolute Gasteiger partial charge is 0.320 e. The highest BCUT2D eigenvalue weighted by atomic mass is 19.1. The van der Waals surface area contributed by atoms with Crippen LogP contribution < -0.4 is 16.4 Å². The van der Waals surface area contributed by atoms with Crippen molar-refractivity contribution in [2.75, 3.05) is 14.2 Å². The summed E-state index contributed by atoms with van der Waals surface area (Å²) in [7, 11) is 2.09. The predicted octanol–water partition coefficient (Wildman–Crippen LogP) is -0.559. The summed E-state index contributed by atoms with van der Waals surface area (Å²) < 4.78 is 23.2. The zero-order chi connectivity index (χ0) is 23.7. The van der Waals surface area contributed by atoms with E-state index in [2.05, 4.69) is 20.1 Å². The number of methoxy groups -OCH3 is 2. The number of carbonyl (C=O) groups is 5. The van der Waals surface area contributed by atoms with Crippen molar-refractivity contribution in [1.29, 1.82) is 0 Å². The van der Waals surface area contributed by atoms with Gasteiger partial charge in [0.25, 0.3) is 0 Å². The number of benzene rings is 1. The van der Waals surface area contributed by atoms with Gasteiger partial charge >= 0.3 is 11.9 Å². The molecule has 10 nitrogen and oxygen atoms in total. The molecule has 31 heavy (non-hydrogen) atoms. The fourth-order valence-electron chi connectivity index (χ4n) is 3.03. The van der Waals surface area contributed by atoms with Crippen LogP contribution in [0.15, 0.2) is 24.3 Å². The monoisotopic (exact) mass is 439 g/mol. The van der Waals surface area contributed by atoms with Gasteiger partial charge in [-0.25, -0.2) is 4.39 Å². The van der Waals surface area contributed by atoms with E-state index in [1.54, 1.807) is 6.07 Å². The first-order chi connectivity index (χ1) is 14.5. The largest absolute Gasteiger partial charge is 0.468 e. The van der Waals surface area contributed by atoms with E-state index in [0.717, 1.165) is 14.2 Å². The van der Waals surface area contributed by atoms with Crippen molar-refractivity contribution >= 4 is 29.7 Å². The number of amides is 3. The van der Waals surface area contributed by atoms with Crippen LogP contribution in [0.3, 0.4) is 0 Å². The molecular formula is C20H26FN3O7. The van der Waals surface area contributed by atoms with Crippen LogP contribution in [0, 0.1) is 17.7 Å². The molecule has 0 aliphatic carbocycles. The lowest BCUT2D eigenvalue weighted by atomic mass is 9.86. The topological polar surface area (TPSA) is 154 Å². The highest BCUT2D eigenvalue weighted by Gasteiger charge is 2.42. The highest BCUT2D eigenvalue weighted by molar-refractivity contribution is 5.97. The Hall–Kier alpha value is -3.50. The second-order valence-corrected chi connectivity index (χ2v) is 6.82. The third-order valence-electron chi connectivity index (χ3n) is 4.64. The van der Waals surface area contributed by atoms with E-state index in [-0.39, 0.29) is 12.0 Å². The molecular weight excluding hydrogens is 413 g/mol. The number of hydrogen-bond donors (Lipinski definition) is 3. The second-order valence-electron chi connectivity index (χ2n) is 6.82. The van der Waals surface area contributed by atoms with Crippen molar-refractivity contribution in [3.8, 4) is 0 Å². The van der Waals surface area contributed by atoms with E-state index >= 15 is 0 Å². The molecule has 0 saturated heterocycles. The summed E-state index contributed by atoms with van der Waals surface area (Å²) >= 11 is 0. The Morgan fingerprint density at radius 3 is 2.03 bits per heavy atom. The van der Waals surface area contributed by atoms with Crippen molar-refractivity contribution in [2.45, 2.75) is 32.4 Å². The van der Waals surface area contributed by atoms with E-state index < -0.39 is 59.4 Å². The minimum absolute atomic E-state index is 0.155. The van der Waals surface area contributed by atoms with Gasteiger partial charge in [0.15, 0.2) is 5.92 Å². The lowest BCUT2D eigenvalue weighted by Gasteiger charge is -2.28. The van der Waals surface area contributed by atoms with Gasteiger partial charge in [0, 0.05) is 19.3 Å². The lowest BCUT2D eigenvalue weighted by molar-refractivity contribution is -0.162. The van der Waals surface area contributed by atoms with Gasteiger partial charge in [-0.1, -0.05) is 25.1 Å². The highest BCUT2D eigenvalue weighted by Crippen LogP contribution is 2.20. The Morgan fingerprint density at radius 2 is 1.58 bits per heavy atom. The summed E-state index contributed by atoms with van der Waals surface area (Å²) in [5.74, 6) is -7.70. The maximum Gasteiger partial charge on any atom is 0.320 e. The molecule has 0 aromatic heterocycles. The number of halogens is 1. The molecule has 0 bridgehead atoms. The van der Waals surface area contributed by atoms with E-state index in [0.29, 0.717) is 0 Å². The van der Waals surface area contributed by atoms with Crippen molar-refractivity contribution in [2.24, 2.45) is 17.6 Å². The Bertz CT molecular complexity index is 830. The van der Waals surface area contributed by atoms with Gasteiger partial charge in [0.2, 0.25) is 17.7 Å². The minimum Gasteiger partial charge on any atom is -0.468 e. The number of nitrogens with one attached hydrogen (secondary N) is 2. The van der Waals surface area contributed by atoms with Gasteiger partial charge in [0.1, 0.15) is 17.9 Å².